The van der Waals surface area contributed by atoms with Crippen molar-refractivity contribution in [3.63, 3.8) is 0 Å². The molecule has 1 atom stereocenters. The van der Waals surface area contributed by atoms with Gasteiger partial charge in [-0.1, -0.05) is 41.4 Å². The molecule has 5 heteroatoms. The van der Waals surface area contributed by atoms with E-state index in [1.54, 1.807) is 0 Å². The maximum atomic E-state index is 6.05. The lowest BCUT2D eigenvalue weighted by atomic mass is 10.1. The fourth-order valence-corrected chi connectivity index (χ4v) is 4.73. The van der Waals surface area contributed by atoms with Gasteiger partial charge in [0.05, 0.1) is 0 Å². The zero-order valence-corrected chi connectivity index (χ0v) is 15.6. The van der Waals surface area contributed by atoms with Crippen molar-refractivity contribution >= 4 is 46.4 Å². The number of anilines is 1. The summed E-state index contributed by atoms with van der Waals surface area (Å²) < 4.78 is 0. The average Bonchev–Trinajstić information content (AvgIpc) is 2.96. The summed E-state index contributed by atoms with van der Waals surface area (Å²) in [6.45, 7) is 5.25. The molecule has 0 saturated carbocycles. The van der Waals surface area contributed by atoms with Crippen molar-refractivity contribution in [3.05, 3.63) is 64.2 Å². The van der Waals surface area contributed by atoms with E-state index in [9.17, 15) is 0 Å². The third-order valence-corrected chi connectivity index (χ3v) is 5.73. The maximum Gasteiger partial charge on any atom is 0.174 e. The van der Waals surface area contributed by atoms with Crippen LogP contribution in [0.2, 0.25) is 5.02 Å². The van der Waals surface area contributed by atoms with Gasteiger partial charge in [0.1, 0.15) is 5.37 Å². The van der Waals surface area contributed by atoms with Gasteiger partial charge in [-0.05, 0) is 55.4 Å². The van der Waals surface area contributed by atoms with Crippen LogP contribution in [0.1, 0.15) is 22.1 Å². The molecule has 1 N–H and O–H groups in total. The van der Waals surface area contributed by atoms with E-state index in [1.165, 1.54) is 16.7 Å². The Morgan fingerprint density at radius 2 is 2.09 bits per heavy atom. The van der Waals surface area contributed by atoms with Crippen LogP contribution in [0.5, 0.6) is 0 Å². The lowest BCUT2D eigenvalue weighted by molar-refractivity contribution is 0.456. The molecule has 0 spiro atoms. The summed E-state index contributed by atoms with van der Waals surface area (Å²) in [5.74, 6) is 1.08. The Kier molecular flexibility index (Phi) is 5.14. The Morgan fingerprint density at radius 1 is 1.26 bits per heavy atom. The largest absolute Gasteiger partial charge is 0.333 e. The summed E-state index contributed by atoms with van der Waals surface area (Å²) in [4.78, 5) is 2.26. The average molecular weight is 363 g/mol. The van der Waals surface area contributed by atoms with Crippen LogP contribution < -0.4 is 5.32 Å². The van der Waals surface area contributed by atoms with Gasteiger partial charge in [-0.2, -0.15) is 0 Å². The SMILES string of the molecule is Cc1ccc(C2SCCN2C(=S)Nc2cccc(Cl)c2)c(C)c1. The zero-order chi connectivity index (χ0) is 16.4. The Morgan fingerprint density at radius 3 is 2.83 bits per heavy atom. The number of hydrogen-bond acceptors (Lipinski definition) is 2. The molecule has 1 saturated heterocycles. The Labute approximate surface area is 152 Å². The van der Waals surface area contributed by atoms with E-state index in [1.807, 2.05) is 36.0 Å². The Balaban J connectivity index is 1.79. The van der Waals surface area contributed by atoms with Crippen LogP contribution in [0.4, 0.5) is 5.69 Å². The van der Waals surface area contributed by atoms with Crippen LogP contribution in [0.25, 0.3) is 0 Å². The lowest BCUT2D eigenvalue weighted by Crippen LogP contribution is -2.34. The fraction of sp³-hybridized carbons (Fsp3) is 0.278. The van der Waals surface area contributed by atoms with Gasteiger partial charge in [0.25, 0.3) is 0 Å². The number of nitrogens with zero attached hydrogens (tertiary/aromatic N) is 1. The van der Waals surface area contributed by atoms with Crippen molar-refractivity contribution in [2.24, 2.45) is 0 Å². The van der Waals surface area contributed by atoms with Crippen LogP contribution >= 0.6 is 35.6 Å². The lowest BCUT2D eigenvalue weighted by Gasteiger charge is -2.28. The van der Waals surface area contributed by atoms with Crippen molar-refractivity contribution in [2.45, 2.75) is 19.2 Å². The van der Waals surface area contributed by atoms with E-state index in [0.29, 0.717) is 5.02 Å². The number of thiocarbonyl (C=S) groups is 1. The van der Waals surface area contributed by atoms with E-state index < -0.39 is 0 Å². The smallest absolute Gasteiger partial charge is 0.174 e. The monoisotopic (exact) mass is 362 g/mol. The molecule has 1 aliphatic rings. The maximum absolute atomic E-state index is 6.05. The van der Waals surface area contributed by atoms with Crippen molar-refractivity contribution in [1.29, 1.82) is 0 Å². The molecular weight excluding hydrogens is 344 g/mol. The summed E-state index contributed by atoms with van der Waals surface area (Å²) >= 11 is 13.6. The number of hydrogen-bond donors (Lipinski definition) is 1. The van der Waals surface area contributed by atoms with Crippen LogP contribution in [0, 0.1) is 13.8 Å². The summed E-state index contributed by atoms with van der Waals surface area (Å²) in [7, 11) is 0. The van der Waals surface area contributed by atoms with Crippen molar-refractivity contribution in [1.82, 2.24) is 4.90 Å². The van der Waals surface area contributed by atoms with Gasteiger partial charge in [0.2, 0.25) is 0 Å². The van der Waals surface area contributed by atoms with Gasteiger partial charge in [-0.15, -0.1) is 11.8 Å². The second-order valence-corrected chi connectivity index (χ2v) is 7.73. The minimum absolute atomic E-state index is 0.273. The highest BCUT2D eigenvalue weighted by Gasteiger charge is 2.29. The Hall–Kier alpha value is -1.23. The molecule has 0 aliphatic carbocycles. The number of benzene rings is 2. The quantitative estimate of drug-likeness (QED) is 0.719. The first-order valence-corrected chi connectivity index (χ1v) is 9.40. The zero-order valence-electron chi connectivity index (χ0n) is 13.2. The molecule has 2 nitrogen and oxygen atoms in total. The molecule has 1 heterocycles. The first-order valence-electron chi connectivity index (χ1n) is 7.56. The second kappa shape index (κ2) is 7.12. The molecule has 1 fully saturated rings. The molecule has 0 amide bonds. The third-order valence-electron chi connectivity index (χ3n) is 3.92. The van der Waals surface area contributed by atoms with E-state index in [-0.39, 0.29) is 5.37 Å². The van der Waals surface area contributed by atoms with Crippen LogP contribution in [0.3, 0.4) is 0 Å². The number of halogens is 1. The van der Waals surface area contributed by atoms with Crippen LogP contribution in [-0.2, 0) is 0 Å². The predicted octanol–water partition coefficient (Wildman–Crippen LogP) is 5.40. The molecule has 0 bridgehead atoms. The summed E-state index contributed by atoms with van der Waals surface area (Å²) in [5, 5.41) is 5.05. The van der Waals surface area contributed by atoms with E-state index >= 15 is 0 Å². The summed E-state index contributed by atoms with van der Waals surface area (Å²) in [6, 6.07) is 14.3. The molecule has 2 aromatic carbocycles. The fourth-order valence-electron chi connectivity index (χ4n) is 2.80. The normalized spacial score (nSPS) is 17.3. The number of aryl methyl sites for hydroxylation is 2. The van der Waals surface area contributed by atoms with E-state index in [0.717, 1.165) is 23.1 Å². The molecule has 23 heavy (non-hydrogen) atoms. The standard InChI is InChI=1S/C18H19ClN2S2/c1-12-6-7-16(13(2)10-12)17-21(8-9-23-17)18(22)20-15-5-3-4-14(19)11-15/h3-7,10-11,17H,8-9H2,1-2H3,(H,20,22). The number of nitrogens with one attached hydrogen (secondary N) is 1. The minimum Gasteiger partial charge on any atom is -0.333 e. The molecule has 0 aromatic heterocycles. The molecule has 2 aromatic rings. The molecule has 3 rings (SSSR count). The Bertz CT molecular complexity index is 733. The van der Waals surface area contributed by atoms with Gasteiger partial charge >= 0.3 is 0 Å². The highest BCUT2D eigenvalue weighted by molar-refractivity contribution is 7.99. The van der Waals surface area contributed by atoms with Gasteiger partial charge in [0, 0.05) is 23.0 Å². The van der Waals surface area contributed by atoms with Gasteiger partial charge < -0.3 is 10.2 Å². The predicted molar refractivity (Wildman–Crippen MR) is 105 cm³/mol. The molecule has 1 aliphatic heterocycles. The van der Waals surface area contributed by atoms with Crippen molar-refractivity contribution < 1.29 is 0 Å². The first-order chi connectivity index (χ1) is 11.0. The molecule has 120 valence electrons. The highest BCUT2D eigenvalue weighted by Crippen LogP contribution is 2.39. The first kappa shape index (κ1) is 16.6. The van der Waals surface area contributed by atoms with Crippen molar-refractivity contribution in [2.75, 3.05) is 17.6 Å². The second-order valence-electron chi connectivity index (χ2n) is 5.72. The topological polar surface area (TPSA) is 15.3 Å². The molecule has 1 unspecified atom stereocenters. The van der Waals surface area contributed by atoms with Gasteiger partial charge in [-0.3, -0.25) is 0 Å². The van der Waals surface area contributed by atoms with Gasteiger partial charge in [0.15, 0.2) is 5.11 Å². The van der Waals surface area contributed by atoms with Gasteiger partial charge in [-0.25, -0.2) is 0 Å². The summed E-state index contributed by atoms with van der Waals surface area (Å²) in [5.41, 5.74) is 4.88. The van der Waals surface area contributed by atoms with Crippen LogP contribution in [0.15, 0.2) is 42.5 Å². The summed E-state index contributed by atoms with van der Waals surface area (Å²) in [6.07, 6.45) is 0. The van der Waals surface area contributed by atoms with E-state index in [2.05, 4.69) is 42.3 Å². The number of thioether (sulfide) groups is 1. The minimum atomic E-state index is 0.273. The highest BCUT2D eigenvalue weighted by atomic mass is 35.5. The van der Waals surface area contributed by atoms with E-state index in [4.69, 9.17) is 23.8 Å². The molecule has 0 radical (unpaired) electrons. The molecular formula is C18H19ClN2S2. The van der Waals surface area contributed by atoms with Crippen LogP contribution in [-0.4, -0.2) is 22.3 Å². The number of rotatable bonds is 2. The third kappa shape index (κ3) is 3.82. The van der Waals surface area contributed by atoms with Crippen molar-refractivity contribution in [3.8, 4) is 0 Å².